The Hall–Kier alpha value is -2.33. The summed E-state index contributed by atoms with van der Waals surface area (Å²) in [5.41, 5.74) is 1.81. The molecule has 2 aromatic carbocycles. The van der Waals surface area contributed by atoms with E-state index in [4.69, 9.17) is 4.74 Å². The Labute approximate surface area is 143 Å². The highest BCUT2D eigenvalue weighted by atomic mass is 16.5. The molecule has 2 aromatic rings. The molecule has 0 bridgehead atoms. The Bertz CT molecular complexity index is 623. The Morgan fingerprint density at radius 2 is 1.75 bits per heavy atom. The van der Waals surface area contributed by atoms with E-state index in [9.17, 15) is 9.90 Å². The number of nitrogens with one attached hydrogen (secondary N) is 1. The monoisotopic (exact) mass is 327 g/mol. The average Bonchev–Trinajstić information content (AvgIpc) is 2.59. The van der Waals surface area contributed by atoms with Gasteiger partial charge in [-0.3, -0.25) is 4.79 Å². The van der Waals surface area contributed by atoms with E-state index in [1.165, 1.54) is 0 Å². The van der Waals surface area contributed by atoms with Crippen LogP contribution in [-0.4, -0.2) is 17.6 Å². The predicted octanol–water partition coefficient (Wildman–Crippen LogP) is 3.46. The van der Waals surface area contributed by atoms with Crippen molar-refractivity contribution < 1.29 is 14.6 Å². The molecule has 1 atom stereocenters. The topological polar surface area (TPSA) is 58.6 Å². The van der Waals surface area contributed by atoms with Crippen LogP contribution >= 0.6 is 0 Å². The number of amides is 1. The zero-order valence-electron chi connectivity index (χ0n) is 14.2. The number of ether oxygens (including phenoxy) is 1. The smallest absolute Gasteiger partial charge is 0.222 e. The Kier molecular flexibility index (Phi) is 6.82. The van der Waals surface area contributed by atoms with E-state index >= 15 is 0 Å². The normalized spacial score (nSPS) is 12.0. The molecule has 0 saturated heterocycles. The third-order valence-electron chi connectivity index (χ3n) is 3.60. The molecule has 2 rings (SSSR count). The minimum atomic E-state index is -0.805. The van der Waals surface area contributed by atoms with E-state index in [0.29, 0.717) is 24.6 Å². The molecule has 24 heavy (non-hydrogen) atoms. The Morgan fingerprint density at radius 3 is 2.38 bits per heavy atom. The van der Waals surface area contributed by atoms with Crippen molar-refractivity contribution in [3.8, 4) is 5.75 Å². The molecule has 0 aliphatic rings. The summed E-state index contributed by atoms with van der Waals surface area (Å²) in [5.74, 6) is 0.992. The van der Waals surface area contributed by atoms with Crippen molar-refractivity contribution in [3.63, 3.8) is 0 Å². The summed E-state index contributed by atoms with van der Waals surface area (Å²) in [6, 6.07) is 17.1. The van der Waals surface area contributed by atoms with Gasteiger partial charge in [0.1, 0.15) is 12.4 Å². The second-order valence-electron chi connectivity index (χ2n) is 6.26. The van der Waals surface area contributed by atoms with E-state index in [0.717, 1.165) is 11.3 Å². The molecule has 0 aromatic heterocycles. The summed E-state index contributed by atoms with van der Waals surface area (Å²) in [4.78, 5) is 11.8. The van der Waals surface area contributed by atoms with Crippen molar-refractivity contribution in [2.24, 2.45) is 5.92 Å². The van der Waals surface area contributed by atoms with Gasteiger partial charge < -0.3 is 15.2 Å². The number of aliphatic hydroxyl groups is 1. The zero-order chi connectivity index (χ0) is 17.4. The first kappa shape index (κ1) is 18.0. The number of hydrogen-bond donors (Lipinski definition) is 2. The van der Waals surface area contributed by atoms with Gasteiger partial charge in [0.15, 0.2) is 0 Å². The molecular weight excluding hydrogens is 302 g/mol. The Morgan fingerprint density at radius 1 is 1.08 bits per heavy atom. The maximum Gasteiger partial charge on any atom is 0.222 e. The molecule has 4 nitrogen and oxygen atoms in total. The van der Waals surface area contributed by atoms with E-state index in [1.807, 2.05) is 56.3 Å². The predicted molar refractivity (Wildman–Crippen MR) is 94.6 cm³/mol. The first-order valence-electron chi connectivity index (χ1n) is 8.26. The van der Waals surface area contributed by atoms with Gasteiger partial charge in [0.05, 0.1) is 12.5 Å². The van der Waals surface area contributed by atoms with Crippen LogP contribution in [0.2, 0.25) is 0 Å². The number of hydrogen-bond acceptors (Lipinski definition) is 3. The first-order chi connectivity index (χ1) is 11.5. The molecule has 0 heterocycles. The lowest BCUT2D eigenvalue weighted by molar-refractivity contribution is -0.123. The highest BCUT2D eigenvalue weighted by Crippen LogP contribution is 2.21. The third-order valence-corrected chi connectivity index (χ3v) is 3.60. The van der Waals surface area contributed by atoms with Crippen LogP contribution in [0.5, 0.6) is 5.75 Å². The molecule has 0 fully saturated rings. The minimum Gasteiger partial charge on any atom is -0.489 e. The van der Waals surface area contributed by atoms with Crippen LogP contribution in [0, 0.1) is 5.92 Å². The third kappa shape index (κ3) is 6.05. The van der Waals surface area contributed by atoms with Gasteiger partial charge in [-0.25, -0.2) is 0 Å². The molecule has 4 heteroatoms. The fourth-order valence-electron chi connectivity index (χ4n) is 2.21. The van der Waals surface area contributed by atoms with Crippen LogP contribution in [0.3, 0.4) is 0 Å². The number of carbonyl (C=O) groups excluding carboxylic acids is 1. The van der Waals surface area contributed by atoms with Gasteiger partial charge in [0.25, 0.3) is 0 Å². The molecule has 1 unspecified atom stereocenters. The van der Waals surface area contributed by atoms with Gasteiger partial charge in [0, 0.05) is 6.54 Å². The molecule has 0 saturated carbocycles. The van der Waals surface area contributed by atoms with Gasteiger partial charge >= 0.3 is 0 Å². The molecule has 0 radical (unpaired) electrons. The van der Waals surface area contributed by atoms with Crippen LogP contribution in [0.15, 0.2) is 54.6 Å². The zero-order valence-corrected chi connectivity index (χ0v) is 14.2. The second-order valence-corrected chi connectivity index (χ2v) is 6.26. The van der Waals surface area contributed by atoms with Gasteiger partial charge in [-0.15, -0.1) is 0 Å². The van der Waals surface area contributed by atoms with Crippen molar-refractivity contribution in [2.45, 2.75) is 33.0 Å². The van der Waals surface area contributed by atoms with Crippen LogP contribution < -0.4 is 10.1 Å². The molecule has 2 N–H and O–H groups in total. The van der Waals surface area contributed by atoms with E-state index in [-0.39, 0.29) is 12.3 Å². The lowest BCUT2D eigenvalue weighted by Crippen LogP contribution is -2.28. The molecule has 128 valence electrons. The van der Waals surface area contributed by atoms with E-state index in [2.05, 4.69) is 5.32 Å². The van der Waals surface area contributed by atoms with Crippen LogP contribution in [0.1, 0.15) is 37.5 Å². The molecule has 0 aliphatic carbocycles. The summed E-state index contributed by atoms with van der Waals surface area (Å²) < 4.78 is 5.71. The molecule has 1 amide bonds. The van der Waals surface area contributed by atoms with Gasteiger partial charge in [-0.2, -0.15) is 0 Å². The quantitative estimate of drug-likeness (QED) is 0.780. The number of benzene rings is 2. The molecule has 0 spiro atoms. The summed E-state index contributed by atoms with van der Waals surface area (Å²) in [6.45, 7) is 5.19. The van der Waals surface area contributed by atoms with Crippen molar-refractivity contribution in [1.29, 1.82) is 0 Å². The van der Waals surface area contributed by atoms with Crippen molar-refractivity contribution >= 4 is 5.91 Å². The number of rotatable bonds is 8. The molecule has 0 aliphatic heterocycles. The summed E-state index contributed by atoms with van der Waals surface area (Å²) in [6.07, 6.45) is -0.739. The highest BCUT2D eigenvalue weighted by Gasteiger charge is 2.13. The van der Waals surface area contributed by atoms with Crippen LogP contribution in [-0.2, 0) is 11.4 Å². The van der Waals surface area contributed by atoms with Crippen molar-refractivity contribution in [2.75, 3.05) is 6.54 Å². The summed E-state index contributed by atoms with van der Waals surface area (Å²) in [7, 11) is 0. The second kappa shape index (κ2) is 9.08. The van der Waals surface area contributed by atoms with Crippen molar-refractivity contribution in [3.05, 3.63) is 65.7 Å². The fourth-order valence-corrected chi connectivity index (χ4v) is 2.21. The molecular formula is C20H25NO3. The van der Waals surface area contributed by atoms with Crippen LogP contribution in [0.25, 0.3) is 0 Å². The minimum absolute atomic E-state index is 0.0664. The van der Waals surface area contributed by atoms with Gasteiger partial charge in [-0.1, -0.05) is 56.3 Å². The first-order valence-corrected chi connectivity index (χ1v) is 8.26. The largest absolute Gasteiger partial charge is 0.489 e. The van der Waals surface area contributed by atoms with E-state index < -0.39 is 6.10 Å². The van der Waals surface area contributed by atoms with E-state index in [1.54, 1.807) is 12.1 Å². The standard InChI is InChI=1S/C20H25NO3/c1-15(2)13-21-20(23)12-19(22)17-8-10-18(11-9-17)24-14-16-6-4-3-5-7-16/h3-11,15,19,22H,12-14H2,1-2H3,(H,21,23). The summed E-state index contributed by atoms with van der Waals surface area (Å²) >= 11 is 0. The SMILES string of the molecule is CC(C)CNC(=O)CC(O)c1ccc(OCc2ccccc2)cc1. The number of aliphatic hydroxyl groups excluding tert-OH is 1. The average molecular weight is 327 g/mol. The lowest BCUT2D eigenvalue weighted by atomic mass is 10.1. The van der Waals surface area contributed by atoms with Crippen molar-refractivity contribution in [1.82, 2.24) is 5.32 Å². The van der Waals surface area contributed by atoms with Crippen LogP contribution in [0.4, 0.5) is 0 Å². The highest BCUT2D eigenvalue weighted by molar-refractivity contribution is 5.76. The lowest BCUT2D eigenvalue weighted by Gasteiger charge is -2.13. The summed E-state index contributed by atoms with van der Waals surface area (Å²) in [5, 5.41) is 13.0. The van der Waals surface area contributed by atoms with Gasteiger partial charge in [-0.05, 0) is 29.2 Å². The fraction of sp³-hybridized carbons (Fsp3) is 0.350. The van der Waals surface area contributed by atoms with Gasteiger partial charge in [0.2, 0.25) is 5.91 Å². The Balaban J connectivity index is 1.83. The maximum atomic E-state index is 11.8. The maximum absolute atomic E-state index is 11.8. The number of carbonyl (C=O) groups is 1.